The molecule has 0 saturated heterocycles. The van der Waals surface area contributed by atoms with Crippen molar-refractivity contribution in [1.82, 2.24) is 5.32 Å². The first-order valence-corrected chi connectivity index (χ1v) is 12.5. The summed E-state index contributed by atoms with van der Waals surface area (Å²) in [5, 5.41) is 16.6. The second-order valence-electron chi connectivity index (χ2n) is 9.54. The van der Waals surface area contributed by atoms with E-state index in [2.05, 4.69) is 10.6 Å². The molecule has 0 spiro atoms. The molecule has 3 N–H and O–H groups in total. The topological polar surface area (TPSA) is 95.5 Å². The average molecular weight is 443 g/mol. The Morgan fingerprint density at radius 1 is 0.903 bits per heavy atom. The molecule has 2 saturated carbocycles. The number of nitrogens with one attached hydrogen (secondary N) is 2. The van der Waals surface area contributed by atoms with Crippen molar-refractivity contribution in [3.05, 3.63) is 28.2 Å². The number of carbonyl (C=O) groups excluding carboxylic acids is 2. The van der Waals surface area contributed by atoms with Crippen LogP contribution in [0.15, 0.2) is 12.2 Å². The Morgan fingerprint density at radius 3 is 2.29 bits per heavy atom. The van der Waals surface area contributed by atoms with Crippen LogP contribution < -0.4 is 10.6 Å². The predicted molar refractivity (Wildman–Crippen MR) is 119 cm³/mol. The third-order valence-electron chi connectivity index (χ3n) is 7.66. The summed E-state index contributed by atoms with van der Waals surface area (Å²) < 4.78 is 0. The van der Waals surface area contributed by atoms with Crippen LogP contribution >= 0.6 is 11.3 Å². The first-order valence-electron chi connectivity index (χ1n) is 11.7. The van der Waals surface area contributed by atoms with E-state index in [4.69, 9.17) is 0 Å². The minimum atomic E-state index is -0.900. The summed E-state index contributed by atoms with van der Waals surface area (Å²) in [4.78, 5) is 39.7. The molecule has 0 aromatic carbocycles. The van der Waals surface area contributed by atoms with Gasteiger partial charge in [-0.1, -0.05) is 31.4 Å². The van der Waals surface area contributed by atoms with E-state index in [0.717, 1.165) is 63.4 Å². The van der Waals surface area contributed by atoms with Crippen molar-refractivity contribution in [3.8, 4) is 0 Å². The lowest BCUT2D eigenvalue weighted by atomic mass is 9.62. The molecule has 31 heavy (non-hydrogen) atoms. The maximum atomic E-state index is 13.3. The quantitative estimate of drug-likeness (QED) is 0.597. The molecular weight excluding hydrogens is 412 g/mol. The summed E-state index contributed by atoms with van der Waals surface area (Å²) in [6, 6.07) is 0.206. The Kier molecular flexibility index (Phi) is 5.63. The number of carbonyl (C=O) groups is 3. The van der Waals surface area contributed by atoms with Crippen molar-refractivity contribution in [1.29, 1.82) is 0 Å². The van der Waals surface area contributed by atoms with Crippen LogP contribution in [0, 0.1) is 23.7 Å². The van der Waals surface area contributed by atoms with E-state index >= 15 is 0 Å². The molecule has 1 aromatic rings. The first-order chi connectivity index (χ1) is 15.0. The van der Waals surface area contributed by atoms with Gasteiger partial charge in [0.15, 0.2) is 0 Å². The van der Waals surface area contributed by atoms with E-state index in [1.165, 1.54) is 22.6 Å². The molecule has 2 amide bonds. The van der Waals surface area contributed by atoms with Gasteiger partial charge in [0.1, 0.15) is 5.00 Å². The van der Waals surface area contributed by atoms with Crippen molar-refractivity contribution >= 4 is 34.1 Å². The average Bonchev–Trinajstić information content (AvgIpc) is 3.35. The van der Waals surface area contributed by atoms with Crippen LogP contribution in [0.4, 0.5) is 5.00 Å². The highest BCUT2D eigenvalue weighted by Crippen LogP contribution is 2.46. The van der Waals surface area contributed by atoms with E-state index < -0.39 is 17.8 Å². The summed E-state index contributed by atoms with van der Waals surface area (Å²) in [7, 11) is 0. The Morgan fingerprint density at radius 2 is 1.61 bits per heavy atom. The van der Waals surface area contributed by atoms with Crippen molar-refractivity contribution < 1.29 is 19.5 Å². The lowest BCUT2D eigenvalue weighted by molar-refractivity contribution is -0.151. The molecule has 2 fully saturated rings. The van der Waals surface area contributed by atoms with Gasteiger partial charge in [-0.05, 0) is 62.3 Å². The fourth-order valence-corrected chi connectivity index (χ4v) is 7.41. The fourth-order valence-electron chi connectivity index (χ4n) is 6.12. The van der Waals surface area contributed by atoms with Crippen molar-refractivity contribution in [2.24, 2.45) is 23.7 Å². The maximum absolute atomic E-state index is 13.3. The van der Waals surface area contributed by atoms with E-state index in [-0.39, 0.29) is 29.7 Å². The van der Waals surface area contributed by atoms with E-state index in [1.54, 1.807) is 0 Å². The third kappa shape index (κ3) is 3.81. The fraction of sp³-hybridized carbons (Fsp3) is 0.625. The van der Waals surface area contributed by atoms with Gasteiger partial charge in [0, 0.05) is 10.9 Å². The third-order valence-corrected chi connectivity index (χ3v) is 8.87. The lowest BCUT2D eigenvalue weighted by Gasteiger charge is -2.41. The van der Waals surface area contributed by atoms with Crippen LogP contribution in [0.5, 0.6) is 0 Å². The summed E-state index contributed by atoms with van der Waals surface area (Å²) in [6.45, 7) is 0. The molecule has 6 rings (SSSR count). The number of hydrogen-bond acceptors (Lipinski definition) is 4. The zero-order valence-electron chi connectivity index (χ0n) is 17.7. The van der Waals surface area contributed by atoms with Gasteiger partial charge in [0.05, 0.1) is 17.4 Å². The number of aliphatic carboxylic acids is 1. The molecule has 5 aliphatic rings. The van der Waals surface area contributed by atoms with Gasteiger partial charge in [-0.2, -0.15) is 0 Å². The molecule has 0 radical (unpaired) electrons. The largest absolute Gasteiger partial charge is 0.481 e. The predicted octanol–water partition coefficient (Wildman–Crippen LogP) is 4.15. The van der Waals surface area contributed by atoms with Gasteiger partial charge in [0.2, 0.25) is 5.91 Å². The van der Waals surface area contributed by atoms with E-state index in [9.17, 15) is 19.5 Å². The standard InChI is InChI=1S/C24H30N2O4S/c27-21(18-13-9-11-14(12-10-13)19(18)24(29)30)26-23-20(16-7-4-8-17(16)31-23)22(28)25-15-5-2-1-3-6-15/h9,11,13-15,18-19H,1-8,10,12H2,(H,25,28)(H,26,27)(H,29,30)/t13-,14-,18+,19+/m0/s1. The minimum Gasteiger partial charge on any atom is -0.481 e. The molecular formula is C24H30N2O4S. The second kappa shape index (κ2) is 8.41. The minimum absolute atomic E-state index is 0.0441. The number of anilines is 1. The Labute approximate surface area is 186 Å². The Bertz CT molecular complexity index is 930. The van der Waals surface area contributed by atoms with Gasteiger partial charge in [-0.3, -0.25) is 14.4 Å². The van der Waals surface area contributed by atoms with Crippen LogP contribution in [0.1, 0.15) is 72.2 Å². The number of aryl methyl sites for hydroxylation is 1. The van der Waals surface area contributed by atoms with Crippen LogP contribution in [0.25, 0.3) is 0 Å². The van der Waals surface area contributed by atoms with Gasteiger partial charge in [0.25, 0.3) is 5.91 Å². The summed E-state index contributed by atoms with van der Waals surface area (Å²) in [5.41, 5.74) is 1.70. The SMILES string of the molecule is O=C(NC1CCCCC1)c1c(NC(=O)[C@H]2[C@H](C(=O)O)[C@H]3C=C[C@H]2CC3)sc2c1CCC2. The monoisotopic (exact) mass is 442 g/mol. The van der Waals surface area contributed by atoms with Gasteiger partial charge in [-0.25, -0.2) is 0 Å². The first kappa shape index (κ1) is 20.7. The summed E-state index contributed by atoms with van der Waals surface area (Å²) in [5.74, 6) is -2.62. The van der Waals surface area contributed by atoms with Crippen LogP contribution in [-0.2, 0) is 22.4 Å². The number of fused-ring (bicyclic) bond motifs is 3. The summed E-state index contributed by atoms with van der Waals surface area (Å²) in [6.07, 6.45) is 14.0. The van der Waals surface area contributed by atoms with Crippen molar-refractivity contribution in [3.63, 3.8) is 0 Å². The van der Waals surface area contributed by atoms with Crippen molar-refractivity contribution in [2.45, 2.75) is 70.3 Å². The van der Waals surface area contributed by atoms with Gasteiger partial charge >= 0.3 is 5.97 Å². The Hall–Kier alpha value is -2.15. The molecule has 2 bridgehead atoms. The van der Waals surface area contributed by atoms with E-state index in [1.807, 2.05) is 12.2 Å². The molecule has 6 nitrogen and oxygen atoms in total. The highest BCUT2D eigenvalue weighted by molar-refractivity contribution is 7.17. The zero-order valence-corrected chi connectivity index (χ0v) is 18.5. The van der Waals surface area contributed by atoms with Crippen LogP contribution in [0.2, 0.25) is 0 Å². The Balaban J connectivity index is 1.39. The molecule has 7 heteroatoms. The number of carboxylic acid groups (broad SMARTS) is 1. The maximum Gasteiger partial charge on any atom is 0.307 e. The zero-order chi connectivity index (χ0) is 21.5. The number of rotatable bonds is 5. The lowest BCUT2D eigenvalue weighted by Crippen LogP contribution is -2.47. The van der Waals surface area contributed by atoms with Gasteiger partial charge < -0.3 is 15.7 Å². The number of amides is 2. The molecule has 1 heterocycles. The smallest absolute Gasteiger partial charge is 0.307 e. The van der Waals surface area contributed by atoms with Crippen LogP contribution in [0.3, 0.4) is 0 Å². The number of hydrogen-bond donors (Lipinski definition) is 3. The highest BCUT2D eigenvalue weighted by Gasteiger charge is 2.48. The molecule has 0 unspecified atom stereocenters. The molecule has 0 aliphatic heterocycles. The second-order valence-corrected chi connectivity index (χ2v) is 10.6. The van der Waals surface area contributed by atoms with E-state index in [0.29, 0.717) is 10.6 Å². The molecule has 1 aromatic heterocycles. The molecule has 5 aliphatic carbocycles. The number of carboxylic acids is 1. The highest BCUT2D eigenvalue weighted by atomic mass is 32.1. The van der Waals surface area contributed by atoms with Crippen LogP contribution in [-0.4, -0.2) is 28.9 Å². The number of allylic oxidation sites excluding steroid dienone is 2. The number of thiophene rings is 1. The molecule has 166 valence electrons. The van der Waals surface area contributed by atoms with Gasteiger partial charge in [-0.15, -0.1) is 11.3 Å². The van der Waals surface area contributed by atoms with Crippen molar-refractivity contribution in [2.75, 3.05) is 5.32 Å². The normalized spacial score (nSPS) is 29.5. The molecule has 4 atom stereocenters. The summed E-state index contributed by atoms with van der Waals surface area (Å²) >= 11 is 1.50.